The summed E-state index contributed by atoms with van der Waals surface area (Å²) < 4.78 is 6.13. The first-order valence-corrected chi connectivity index (χ1v) is 16.7. The van der Waals surface area contributed by atoms with Crippen LogP contribution < -0.4 is 15.4 Å². The smallest absolute Gasteiger partial charge is 0.124 e. The molecule has 226 valence electrons. The lowest BCUT2D eigenvalue weighted by Gasteiger charge is -2.08. The van der Waals surface area contributed by atoms with E-state index in [9.17, 15) is 0 Å². The van der Waals surface area contributed by atoms with Crippen LogP contribution in [0.2, 0.25) is 0 Å². The largest absolute Gasteiger partial charge is 0.489 e. The molecule has 0 amide bonds. The molecule has 45 heavy (non-hydrogen) atoms. The Kier molecular flexibility index (Phi) is 6.78. The van der Waals surface area contributed by atoms with Gasteiger partial charge in [-0.1, -0.05) is 60.7 Å². The molecule has 3 aliphatic heterocycles. The predicted octanol–water partition coefficient (Wildman–Crippen LogP) is 7.61. The Hall–Kier alpha value is -4.26. The Morgan fingerprint density at radius 3 is 2.20 bits per heavy atom. The van der Waals surface area contributed by atoms with Crippen LogP contribution >= 0.6 is 0 Å². The number of nitrogens with zero attached hydrogens (tertiary/aromatic N) is 2. The van der Waals surface area contributed by atoms with E-state index in [1.807, 2.05) is 6.07 Å². The number of hydrogen-bond donors (Lipinski definition) is 3. The number of fused-ring (bicyclic) bond motifs is 2. The molecule has 1 saturated carbocycles. The van der Waals surface area contributed by atoms with E-state index in [2.05, 4.69) is 101 Å². The first kappa shape index (κ1) is 27.1. The SMILES string of the molecule is c1ccc(COc2ccc(C3C(c4ccc5c(c4)N=C([C@@H]4CCCN4)C5)C3c3ccc4nc([C@@H]5CCCN5)[nH]c4c3)cc2)cc1. The minimum Gasteiger partial charge on any atom is -0.489 e. The van der Waals surface area contributed by atoms with Gasteiger partial charge in [-0.05, 0) is 115 Å². The van der Waals surface area contributed by atoms with Crippen molar-refractivity contribution in [2.24, 2.45) is 4.99 Å². The van der Waals surface area contributed by atoms with E-state index in [0.717, 1.165) is 48.5 Å². The average molecular weight is 594 g/mol. The number of hydrogen-bond acceptors (Lipinski definition) is 5. The fourth-order valence-corrected chi connectivity index (χ4v) is 8.02. The predicted molar refractivity (Wildman–Crippen MR) is 180 cm³/mol. The van der Waals surface area contributed by atoms with Crippen LogP contribution in [-0.4, -0.2) is 34.8 Å². The molecule has 4 heterocycles. The second-order valence-electron chi connectivity index (χ2n) is 13.3. The fourth-order valence-electron chi connectivity index (χ4n) is 8.02. The van der Waals surface area contributed by atoms with E-state index < -0.39 is 0 Å². The highest BCUT2D eigenvalue weighted by Gasteiger charge is 2.52. The third-order valence-corrected chi connectivity index (χ3v) is 10.4. The lowest BCUT2D eigenvalue weighted by Crippen LogP contribution is -2.30. The van der Waals surface area contributed by atoms with Gasteiger partial charge >= 0.3 is 0 Å². The quantitative estimate of drug-likeness (QED) is 0.173. The molecular formula is C39H39N5O. The van der Waals surface area contributed by atoms with Crippen molar-refractivity contribution in [1.82, 2.24) is 20.6 Å². The van der Waals surface area contributed by atoms with Gasteiger partial charge in [0.1, 0.15) is 18.2 Å². The van der Waals surface area contributed by atoms with Crippen LogP contribution in [-0.2, 0) is 13.0 Å². The zero-order valence-corrected chi connectivity index (χ0v) is 25.5. The Morgan fingerprint density at radius 2 is 1.42 bits per heavy atom. The molecule has 3 unspecified atom stereocenters. The molecule has 4 aliphatic rings. The Bertz CT molecular complexity index is 1870. The maximum absolute atomic E-state index is 6.13. The molecule has 2 saturated heterocycles. The lowest BCUT2D eigenvalue weighted by molar-refractivity contribution is 0.306. The van der Waals surface area contributed by atoms with Gasteiger partial charge in [-0.25, -0.2) is 4.98 Å². The number of aromatic nitrogens is 2. The van der Waals surface area contributed by atoms with E-state index >= 15 is 0 Å². The lowest BCUT2D eigenvalue weighted by atomic mass is 9.99. The van der Waals surface area contributed by atoms with Gasteiger partial charge in [0, 0.05) is 18.2 Å². The molecule has 3 N–H and O–H groups in total. The van der Waals surface area contributed by atoms with Gasteiger partial charge in [-0.15, -0.1) is 0 Å². The number of imidazole rings is 1. The van der Waals surface area contributed by atoms with Gasteiger partial charge in [0.15, 0.2) is 0 Å². The van der Waals surface area contributed by atoms with Crippen molar-refractivity contribution >= 4 is 22.4 Å². The first-order valence-electron chi connectivity index (χ1n) is 16.7. The molecule has 1 aliphatic carbocycles. The van der Waals surface area contributed by atoms with Crippen LogP contribution in [0.4, 0.5) is 5.69 Å². The number of nitrogens with one attached hydrogen (secondary N) is 3. The van der Waals surface area contributed by atoms with Crippen LogP contribution in [0.1, 0.15) is 83.1 Å². The van der Waals surface area contributed by atoms with Crippen LogP contribution in [0.3, 0.4) is 0 Å². The minimum atomic E-state index is 0.334. The van der Waals surface area contributed by atoms with Crippen molar-refractivity contribution < 1.29 is 4.74 Å². The topological polar surface area (TPSA) is 74.3 Å². The molecule has 3 fully saturated rings. The van der Waals surface area contributed by atoms with Crippen LogP contribution in [0, 0.1) is 0 Å². The molecule has 1 aromatic heterocycles. The highest BCUT2D eigenvalue weighted by Crippen LogP contribution is 2.66. The fraction of sp³-hybridized carbons (Fsp3) is 0.333. The normalized spacial score (nSPS) is 25.4. The molecule has 9 rings (SSSR count). The van der Waals surface area contributed by atoms with Gasteiger partial charge < -0.3 is 20.4 Å². The molecule has 0 radical (unpaired) electrons. The van der Waals surface area contributed by atoms with Crippen molar-refractivity contribution in [2.75, 3.05) is 13.1 Å². The zero-order chi connectivity index (χ0) is 29.7. The summed E-state index contributed by atoms with van der Waals surface area (Å²) in [4.78, 5) is 13.8. The summed E-state index contributed by atoms with van der Waals surface area (Å²) in [6.07, 6.45) is 5.77. The third kappa shape index (κ3) is 5.16. The van der Waals surface area contributed by atoms with Crippen molar-refractivity contribution in [2.45, 2.75) is 68.5 Å². The van der Waals surface area contributed by atoms with Gasteiger partial charge in [0.05, 0.1) is 22.8 Å². The highest BCUT2D eigenvalue weighted by molar-refractivity contribution is 5.98. The molecule has 6 heteroatoms. The third-order valence-electron chi connectivity index (χ3n) is 10.4. The first-order chi connectivity index (χ1) is 22.3. The summed E-state index contributed by atoms with van der Waals surface area (Å²) in [6, 6.07) is 33.9. The number of benzene rings is 4. The zero-order valence-electron chi connectivity index (χ0n) is 25.5. The number of rotatable bonds is 8. The van der Waals surface area contributed by atoms with Gasteiger partial charge in [-0.3, -0.25) is 4.99 Å². The molecule has 4 aromatic carbocycles. The van der Waals surface area contributed by atoms with E-state index in [0.29, 0.717) is 36.4 Å². The van der Waals surface area contributed by atoms with Crippen molar-refractivity contribution in [3.05, 3.63) is 125 Å². The molecule has 5 atom stereocenters. The minimum absolute atomic E-state index is 0.334. The second kappa shape index (κ2) is 11.3. The van der Waals surface area contributed by atoms with Crippen molar-refractivity contribution in [3.8, 4) is 5.75 Å². The number of aliphatic imine (C=N–C) groups is 1. The number of aromatic amines is 1. The Morgan fingerprint density at radius 1 is 0.711 bits per heavy atom. The standard InChI is InChI=1S/C39H39N5O/c1-2-6-24(7-3-1)23-45-29-15-12-25(13-16-29)36-37(27-11-10-26-20-34(42-33(26)21-27)30-8-4-18-40-30)38(36)28-14-17-31-35(22-28)44-39(43-31)32-9-5-19-41-32/h1-3,6-7,10-17,21-22,30,32,36-38,40-41H,4-5,8-9,18-20,23H2,(H,43,44)/t30-,32-,36?,37?,38?/m0/s1. The maximum Gasteiger partial charge on any atom is 0.124 e. The average Bonchev–Trinajstić information content (AvgIpc) is 3.70. The summed E-state index contributed by atoms with van der Waals surface area (Å²) in [5.41, 5.74) is 11.3. The van der Waals surface area contributed by atoms with Crippen molar-refractivity contribution in [3.63, 3.8) is 0 Å². The molecule has 0 bridgehead atoms. The summed E-state index contributed by atoms with van der Waals surface area (Å²) >= 11 is 0. The number of H-pyrrole nitrogens is 1. The summed E-state index contributed by atoms with van der Waals surface area (Å²) in [6.45, 7) is 2.75. The van der Waals surface area contributed by atoms with Crippen LogP contribution in [0.15, 0.2) is 96.0 Å². The van der Waals surface area contributed by atoms with Gasteiger partial charge in [-0.2, -0.15) is 0 Å². The summed E-state index contributed by atoms with van der Waals surface area (Å²) in [5, 5.41) is 7.23. The summed E-state index contributed by atoms with van der Waals surface area (Å²) in [5.74, 6) is 3.15. The highest BCUT2D eigenvalue weighted by atomic mass is 16.5. The Labute approximate surface area is 264 Å². The van der Waals surface area contributed by atoms with E-state index in [4.69, 9.17) is 14.7 Å². The van der Waals surface area contributed by atoms with Crippen molar-refractivity contribution in [1.29, 1.82) is 0 Å². The van der Waals surface area contributed by atoms with Crippen LogP contribution in [0.25, 0.3) is 11.0 Å². The summed E-state index contributed by atoms with van der Waals surface area (Å²) in [7, 11) is 0. The second-order valence-corrected chi connectivity index (χ2v) is 13.3. The van der Waals surface area contributed by atoms with E-state index in [1.165, 1.54) is 58.5 Å². The number of ether oxygens (including phenoxy) is 1. The molecule has 5 aromatic rings. The maximum atomic E-state index is 6.13. The molecule has 6 nitrogen and oxygen atoms in total. The van der Waals surface area contributed by atoms with E-state index in [1.54, 1.807) is 0 Å². The van der Waals surface area contributed by atoms with Gasteiger partial charge in [0.2, 0.25) is 0 Å². The van der Waals surface area contributed by atoms with E-state index in [-0.39, 0.29) is 0 Å². The molecule has 0 spiro atoms. The molecular weight excluding hydrogens is 554 g/mol. The Balaban J connectivity index is 1.02. The van der Waals surface area contributed by atoms with Crippen LogP contribution in [0.5, 0.6) is 5.75 Å². The monoisotopic (exact) mass is 593 g/mol. The van der Waals surface area contributed by atoms with Gasteiger partial charge in [0.25, 0.3) is 0 Å².